The lowest BCUT2D eigenvalue weighted by atomic mass is 10.1. The Morgan fingerprint density at radius 1 is 1.27 bits per heavy atom. The lowest BCUT2D eigenvalue weighted by Gasteiger charge is -2.23. The minimum absolute atomic E-state index is 0.0573. The van der Waals surface area contributed by atoms with E-state index in [4.69, 9.17) is 4.74 Å². The molecule has 1 unspecified atom stereocenters. The lowest BCUT2D eigenvalue weighted by Crippen LogP contribution is -2.44. The Kier molecular flexibility index (Phi) is 5.55. The third-order valence-corrected chi connectivity index (χ3v) is 2.25. The van der Waals surface area contributed by atoms with Gasteiger partial charge in [0.25, 0.3) is 0 Å². The van der Waals surface area contributed by atoms with Crippen LogP contribution in [0.2, 0.25) is 0 Å². The van der Waals surface area contributed by atoms with Gasteiger partial charge in [0.15, 0.2) is 0 Å². The third kappa shape index (κ3) is 6.70. The van der Waals surface area contributed by atoms with Crippen molar-refractivity contribution in [1.82, 2.24) is 5.32 Å². The van der Waals surface area contributed by atoms with E-state index in [9.17, 15) is 9.59 Å². The Morgan fingerprint density at radius 2 is 1.73 bits per heavy atom. The molecule has 0 aliphatic heterocycles. The second-order valence-corrected chi connectivity index (χ2v) is 5.74. The van der Waals surface area contributed by atoms with E-state index >= 15 is 0 Å². The monoisotopic (exact) mass is 327 g/mol. The molecule has 0 rings (SSSR count). The van der Waals surface area contributed by atoms with Crippen molar-refractivity contribution < 1.29 is 14.3 Å². The van der Waals surface area contributed by atoms with Gasteiger partial charge in [0.05, 0.1) is 0 Å². The van der Waals surface area contributed by atoms with E-state index in [2.05, 4.69) is 5.32 Å². The highest BCUT2D eigenvalue weighted by Gasteiger charge is 2.24. The van der Waals surface area contributed by atoms with Crippen molar-refractivity contribution in [2.75, 3.05) is 0 Å². The molecule has 1 N–H and O–H groups in total. The van der Waals surface area contributed by atoms with Gasteiger partial charge >= 0.3 is 6.09 Å². The molecule has 1 atom stereocenters. The van der Waals surface area contributed by atoms with Crippen molar-refractivity contribution >= 4 is 32.5 Å². The summed E-state index contributed by atoms with van der Waals surface area (Å²) < 4.78 is 4.97. The minimum Gasteiger partial charge on any atom is -0.444 e. The largest absolute Gasteiger partial charge is 0.444 e. The van der Waals surface area contributed by atoms with Crippen LogP contribution in [0.15, 0.2) is 0 Å². The first kappa shape index (κ1) is 14.7. The first-order chi connectivity index (χ1) is 6.63. The molecule has 0 radical (unpaired) electrons. The molecular formula is C10H18INO3. The van der Waals surface area contributed by atoms with E-state index in [-0.39, 0.29) is 9.71 Å². The normalized spacial score (nSPS) is 13.5. The van der Waals surface area contributed by atoms with Gasteiger partial charge in [-0.2, -0.15) is 0 Å². The maximum atomic E-state index is 11.4. The molecular weight excluding hydrogens is 309 g/mol. The van der Waals surface area contributed by atoms with Gasteiger partial charge in [-0.15, -0.1) is 0 Å². The van der Waals surface area contributed by atoms with Crippen LogP contribution in [0, 0.1) is 5.92 Å². The van der Waals surface area contributed by atoms with Crippen LogP contribution in [0.1, 0.15) is 34.6 Å². The molecule has 0 heterocycles. The van der Waals surface area contributed by atoms with E-state index in [1.807, 2.05) is 13.8 Å². The molecule has 0 saturated carbocycles. The Bertz CT molecular complexity index is 246. The number of ether oxygens (including phenoxy) is 1. The lowest BCUT2D eigenvalue weighted by molar-refractivity contribution is -0.112. The Hall–Kier alpha value is -0.330. The summed E-state index contributed by atoms with van der Waals surface area (Å²) in [6.45, 7) is 9.09. The predicted octanol–water partition coefficient (Wildman–Crippen LogP) is 2.50. The zero-order valence-electron chi connectivity index (χ0n) is 9.76. The van der Waals surface area contributed by atoms with Crippen LogP contribution in [-0.2, 0) is 9.53 Å². The van der Waals surface area contributed by atoms with Crippen molar-refractivity contribution in [2.45, 2.75) is 46.3 Å². The zero-order valence-corrected chi connectivity index (χ0v) is 11.9. The van der Waals surface area contributed by atoms with Crippen LogP contribution in [0.4, 0.5) is 4.79 Å². The fourth-order valence-corrected chi connectivity index (χ4v) is 1.79. The van der Waals surface area contributed by atoms with Gasteiger partial charge in [0, 0.05) is 22.6 Å². The molecule has 1 amide bonds. The first-order valence-electron chi connectivity index (χ1n) is 4.82. The summed E-state index contributed by atoms with van der Waals surface area (Å²) in [4.78, 5) is 22.6. The van der Waals surface area contributed by atoms with Gasteiger partial charge in [-0.3, -0.25) is 4.79 Å². The molecule has 0 aromatic rings. The summed E-state index contributed by atoms with van der Waals surface area (Å²) in [6.07, 6.45) is -0.550. The molecule has 0 aliphatic carbocycles. The standard InChI is InChI=1S/C10H18INO3/c1-6(2)7(8(11)13)12-9(14)15-10(3,4)5/h6-7H,1-5H3,(H,12,14). The number of hydrogen-bond acceptors (Lipinski definition) is 3. The average molecular weight is 327 g/mol. The van der Waals surface area contributed by atoms with Crippen molar-refractivity contribution in [1.29, 1.82) is 0 Å². The van der Waals surface area contributed by atoms with Gasteiger partial charge in [-0.05, 0) is 26.7 Å². The van der Waals surface area contributed by atoms with E-state index in [1.165, 1.54) is 0 Å². The number of nitrogens with one attached hydrogen (secondary N) is 1. The Balaban J connectivity index is 4.31. The van der Waals surface area contributed by atoms with Gasteiger partial charge < -0.3 is 10.1 Å². The Labute approximate surface area is 104 Å². The van der Waals surface area contributed by atoms with E-state index in [0.717, 1.165) is 0 Å². The summed E-state index contributed by atoms with van der Waals surface area (Å²) in [5, 5.41) is 2.55. The highest BCUT2D eigenvalue weighted by Crippen LogP contribution is 2.10. The van der Waals surface area contributed by atoms with Crippen LogP contribution in [0.5, 0.6) is 0 Å². The highest BCUT2D eigenvalue weighted by atomic mass is 127. The highest BCUT2D eigenvalue weighted by molar-refractivity contribution is 14.1. The summed E-state index contributed by atoms with van der Waals surface area (Å²) in [7, 11) is 0. The predicted molar refractivity (Wildman–Crippen MR) is 67.0 cm³/mol. The molecule has 0 spiro atoms. The van der Waals surface area contributed by atoms with Crippen LogP contribution >= 0.6 is 22.6 Å². The fourth-order valence-electron chi connectivity index (χ4n) is 0.920. The van der Waals surface area contributed by atoms with Crippen LogP contribution < -0.4 is 5.32 Å². The molecule has 0 saturated heterocycles. The van der Waals surface area contributed by atoms with E-state index < -0.39 is 17.7 Å². The second kappa shape index (κ2) is 5.67. The topological polar surface area (TPSA) is 55.4 Å². The number of carbonyl (C=O) groups is 2. The SMILES string of the molecule is CC(C)C(NC(=O)OC(C)(C)C)C(=O)I. The number of halogens is 1. The quantitative estimate of drug-likeness (QED) is 0.640. The van der Waals surface area contributed by atoms with Crippen molar-refractivity contribution in [2.24, 2.45) is 5.92 Å². The van der Waals surface area contributed by atoms with Gasteiger partial charge in [-0.25, -0.2) is 4.79 Å². The molecule has 0 aliphatic rings. The molecule has 15 heavy (non-hydrogen) atoms. The van der Waals surface area contributed by atoms with Gasteiger partial charge in [-0.1, -0.05) is 13.8 Å². The molecule has 0 fully saturated rings. The summed E-state index contributed by atoms with van der Waals surface area (Å²) in [6, 6.07) is -0.486. The number of carbonyl (C=O) groups excluding carboxylic acids is 2. The van der Waals surface area contributed by atoms with Crippen LogP contribution in [0.3, 0.4) is 0 Å². The maximum absolute atomic E-state index is 11.4. The average Bonchev–Trinajstić information content (AvgIpc) is 1.95. The Morgan fingerprint density at radius 3 is 2.00 bits per heavy atom. The van der Waals surface area contributed by atoms with Gasteiger partial charge in [0.2, 0.25) is 3.79 Å². The molecule has 0 aromatic carbocycles. The van der Waals surface area contributed by atoms with Crippen molar-refractivity contribution in [3.63, 3.8) is 0 Å². The molecule has 5 heteroatoms. The zero-order chi connectivity index (χ0) is 12.2. The minimum atomic E-state index is -0.550. The number of hydrogen-bond donors (Lipinski definition) is 1. The first-order valence-corrected chi connectivity index (χ1v) is 5.90. The smallest absolute Gasteiger partial charge is 0.408 e. The third-order valence-electron chi connectivity index (χ3n) is 1.58. The fraction of sp³-hybridized carbons (Fsp3) is 0.800. The summed E-state index contributed by atoms with van der Waals surface area (Å²) >= 11 is 1.68. The van der Waals surface area contributed by atoms with Crippen LogP contribution in [-0.4, -0.2) is 21.5 Å². The molecule has 4 nitrogen and oxygen atoms in total. The number of amides is 1. The molecule has 88 valence electrons. The molecule has 0 aromatic heterocycles. The second-order valence-electron chi connectivity index (χ2n) is 4.67. The summed E-state index contributed by atoms with van der Waals surface area (Å²) in [5.74, 6) is 0.0573. The number of alkyl carbamates (subject to hydrolysis) is 1. The number of rotatable bonds is 3. The van der Waals surface area contributed by atoms with E-state index in [1.54, 1.807) is 43.4 Å². The molecule has 0 bridgehead atoms. The van der Waals surface area contributed by atoms with Gasteiger partial charge in [0.1, 0.15) is 11.6 Å². The van der Waals surface area contributed by atoms with Crippen LogP contribution in [0.25, 0.3) is 0 Å². The van der Waals surface area contributed by atoms with Crippen molar-refractivity contribution in [3.8, 4) is 0 Å². The summed E-state index contributed by atoms with van der Waals surface area (Å²) in [5.41, 5.74) is -0.542. The van der Waals surface area contributed by atoms with Crippen molar-refractivity contribution in [3.05, 3.63) is 0 Å². The van der Waals surface area contributed by atoms with E-state index in [0.29, 0.717) is 0 Å². The maximum Gasteiger partial charge on any atom is 0.408 e.